The second-order valence-corrected chi connectivity index (χ2v) is 10.6. The monoisotopic (exact) mass is 561 g/mol. The van der Waals surface area contributed by atoms with Gasteiger partial charge in [0.2, 0.25) is 0 Å². The van der Waals surface area contributed by atoms with Crippen LogP contribution in [0.5, 0.6) is 0 Å². The first-order valence-electron chi connectivity index (χ1n) is 13.0. The number of carbonyl (C=O) groups excluding carboxylic acids is 3. The minimum atomic E-state index is -3.17. The number of amides is 2. The number of methoxy groups -OCH3 is 1. The van der Waals surface area contributed by atoms with Gasteiger partial charge in [0.1, 0.15) is 17.7 Å². The third kappa shape index (κ3) is 13.7. The van der Waals surface area contributed by atoms with Gasteiger partial charge in [-0.1, -0.05) is 12.7 Å². The van der Waals surface area contributed by atoms with Crippen molar-refractivity contribution in [2.24, 2.45) is 0 Å². The molecule has 1 saturated heterocycles. The molecule has 0 radical (unpaired) electrons. The van der Waals surface area contributed by atoms with Crippen LogP contribution in [0.1, 0.15) is 53.9 Å². The van der Waals surface area contributed by atoms with Gasteiger partial charge in [-0.3, -0.25) is 19.5 Å². The van der Waals surface area contributed by atoms with Crippen molar-refractivity contribution in [3.63, 3.8) is 0 Å². The Bertz CT molecular complexity index is 846. The molecule has 0 bridgehead atoms. The number of rotatable bonds is 15. The number of nitrogens with zero attached hydrogens (tertiary/aromatic N) is 2. The molecule has 0 saturated carbocycles. The summed E-state index contributed by atoms with van der Waals surface area (Å²) in [4.78, 5) is 40.5. The molecular formula is C26H45F2N5O6. The second kappa shape index (κ2) is 15.7. The van der Waals surface area contributed by atoms with E-state index in [2.05, 4.69) is 29.2 Å². The molecule has 13 heteroatoms. The topological polar surface area (TPSA) is 121 Å². The predicted octanol–water partition coefficient (Wildman–Crippen LogP) is 2.55. The predicted molar refractivity (Wildman–Crippen MR) is 143 cm³/mol. The number of hydrazine groups is 1. The molecular weight excluding hydrogens is 516 g/mol. The van der Waals surface area contributed by atoms with Crippen molar-refractivity contribution in [1.29, 1.82) is 0 Å². The van der Waals surface area contributed by atoms with Crippen LogP contribution in [0, 0.1) is 0 Å². The van der Waals surface area contributed by atoms with Gasteiger partial charge in [0.15, 0.2) is 6.61 Å². The summed E-state index contributed by atoms with van der Waals surface area (Å²) in [5.74, 6) is -4.57. The van der Waals surface area contributed by atoms with E-state index in [-0.39, 0.29) is 19.2 Å². The number of ether oxygens (including phenoxy) is 3. The van der Waals surface area contributed by atoms with Crippen LogP contribution in [0.2, 0.25) is 0 Å². The Kier molecular flexibility index (Phi) is 13.8. The zero-order valence-electron chi connectivity index (χ0n) is 24.0. The molecule has 3 atom stereocenters. The Morgan fingerprint density at radius 1 is 1.26 bits per heavy atom. The van der Waals surface area contributed by atoms with Crippen LogP contribution >= 0.6 is 0 Å². The van der Waals surface area contributed by atoms with E-state index in [4.69, 9.17) is 14.2 Å². The van der Waals surface area contributed by atoms with Gasteiger partial charge >= 0.3 is 12.1 Å². The molecule has 1 aliphatic rings. The number of esters is 1. The van der Waals surface area contributed by atoms with E-state index in [1.165, 1.54) is 5.01 Å². The van der Waals surface area contributed by atoms with Crippen molar-refractivity contribution in [2.75, 3.05) is 40.0 Å². The van der Waals surface area contributed by atoms with Crippen LogP contribution < -0.4 is 16.1 Å². The van der Waals surface area contributed by atoms with Crippen LogP contribution in [-0.4, -0.2) is 97.6 Å². The molecule has 1 fully saturated rings. The molecule has 0 aliphatic carbocycles. The first kappa shape index (κ1) is 34.3. The van der Waals surface area contributed by atoms with Gasteiger partial charge in [0.05, 0.1) is 12.8 Å². The van der Waals surface area contributed by atoms with Gasteiger partial charge < -0.3 is 24.8 Å². The third-order valence-corrected chi connectivity index (χ3v) is 5.66. The molecule has 0 aromatic heterocycles. The fraction of sp³-hybridized carbons (Fsp3) is 0.731. The van der Waals surface area contributed by atoms with Crippen molar-refractivity contribution in [2.45, 2.75) is 83.6 Å². The van der Waals surface area contributed by atoms with Crippen LogP contribution in [-0.2, 0) is 23.8 Å². The molecule has 1 rings (SSSR count). The number of hydrogen-bond donors (Lipinski definition) is 3. The van der Waals surface area contributed by atoms with E-state index >= 15 is 0 Å². The number of nitrogens with one attached hydrogen (secondary N) is 3. The van der Waals surface area contributed by atoms with E-state index in [1.807, 2.05) is 11.8 Å². The number of carbonyl (C=O) groups is 3. The van der Waals surface area contributed by atoms with Gasteiger partial charge in [0, 0.05) is 39.4 Å². The van der Waals surface area contributed by atoms with Crippen molar-refractivity contribution in [1.82, 2.24) is 26.0 Å². The molecule has 0 unspecified atom stereocenters. The van der Waals surface area contributed by atoms with Crippen LogP contribution in [0.25, 0.3) is 0 Å². The Morgan fingerprint density at radius 2 is 1.92 bits per heavy atom. The highest BCUT2D eigenvalue weighted by Crippen LogP contribution is 2.15. The summed E-state index contributed by atoms with van der Waals surface area (Å²) in [6.45, 7) is 15.4. The summed E-state index contributed by atoms with van der Waals surface area (Å²) >= 11 is 0. The van der Waals surface area contributed by atoms with Gasteiger partial charge in [-0.05, 0) is 47.0 Å². The van der Waals surface area contributed by atoms with Gasteiger partial charge in [0.25, 0.3) is 11.8 Å². The number of halogens is 2. The van der Waals surface area contributed by atoms with E-state index < -0.39 is 48.2 Å². The SMILES string of the molecule is C=CCCN(CNC(=C)[C@H](C)OC)C[C@H](NC(=O)OC(C)(C)C)C(=O)N1CCC[C@@H](C(=O)OCC(C)(F)F)N1. The second-order valence-electron chi connectivity index (χ2n) is 10.6. The quantitative estimate of drug-likeness (QED) is 0.157. The van der Waals surface area contributed by atoms with E-state index in [0.717, 1.165) is 0 Å². The molecule has 11 nitrogen and oxygen atoms in total. The van der Waals surface area contributed by atoms with Crippen molar-refractivity contribution in [3.8, 4) is 0 Å². The Balaban J connectivity index is 3.06. The highest BCUT2D eigenvalue weighted by atomic mass is 19.3. The van der Waals surface area contributed by atoms with Crippen molar-refractivity contribution < 1.29 is 37.4 Å². The summed E-state index contributed by atoms with van der Waals surface area (Å²) in [6.07, 6.45) is 2.05. The molecule has 3 N–H and O–H groups in total. The fourth-order valence-corrected chi connectivity index (χ4v) is 3.50. The van der Waals surface area contributed by atoms with Crippen LogP contribution in [0.4, 0.5) is 13.6 Å². The molecule has 1 heterocycles. The van der Waals surface area contributed by atoms with E-state index in [0.29, 0.717) is 45.1 Å². The minimum Gasteiger partial charge on any atom is -0.458 e. The largest absolute Gasteiger partial charge is 0.458 e. The zero-order valence-corrected chi connectivity index (χ0v) is 24.0. The molecule has 1 aliphatic heterocycles. The van der Waals surface area contributed by atoms with E-state index in [9.17, 15) is 23.2 Å². The Hall–Kier alpha value is -2.77. The summed E-state index contributed by atoms with van der Waals surface area (Å²) in [5.41, 5.74) is 2.62. The first-order valence-corrected chi connectivity index (χ1v) is 13.0. The summed E-state index contributed by atoms with van der Waals surface area (Å²) < 4.78 is 41.6. The highest BCUT2D eigenvalue weighted by molar-refractivity contribution is 5.86. The number of alkyl halides is 2. The van der Waals surface area contributed by atoms with Crippen molar-refractivity contribution in [3.05, 3.63) is 24.9 Å². The smallest absolute Gasteiger partial charge is 0.408 e. The standard InChI is InChI=1S/C26H45F2N5O6/c1-9-10-13-32(17-29-18(2)19(3)37-8)15-21(30-24(36)39-25(4,5)6)22(34)33-14-11-12-20(31-33)23(35)38-16-26(7,27)28/h9,19-21,29,31H,1-2,10-17H2,3-8H3,(H,30,36)/t19-,20-,21-/m0/s1. The first-order chi connectivity index (χ1) is 18.1. The normalized spacial score (nSPS) is 17.7. The third-order valence-electron chi connectivity index (χ3n) is 5.66. The van der Waals surface area contributed by atoms with Gasteiger partial charge in [-0.2, -0.15) is 0 Å². The number of alkyl carbamates (subject to hydrolysis) is 1. The maximum Gasteiger partial charge on any atom is 0.408 e. The van der Waals surface area contributed by atoms with Crippen molar-refractivity contribution >= 4 is 18.0 Å². The molecule has 0 aromatic rings. The average Bonchev–Trinajstić information content (AvgIpc) is 2.85. The molecule has 0 aromatic carbocycles. The lowest BCUT2D eigenvalue weighted by molar-refractivity contribution is -0.160. The molecule has 2 amide bonds. The van der Waals surface area contributed by atoms with Gasteiger partial charge in [-0.15, -0.1) is 6.58 Å². The molecule has 224 valence electrons. The lowest BCUT2D eigenvalue weighted by atomic mass is 10.1. The van der Waals surface area contributed by atoms with Crippen LogP contribution in [0.3, 0.4) is 0 Å². The highest BCUT2D eigenvalue weighted by Gasteiger charge is 2.35. The Morgan fingerprint density at radius 3 is 2.49 bits per heavy atom. The summed E-state index contributed by atoms with van der Waals surface area (Å²) in [6, 6.07) is -2.05. The average molecular weight is 562 g/mol. The van der Waals surface area contributed by atoms with Gasteiger partial charge in [-0.25, -0.2) is 19.0 Å². The molecule has 39 heavy (non-hydrogen) atoms. The summed E-state index contributed by atoms with van der Waals surface area (Å²) in [7, 11) is 1.56. The summed E-state index contributed by atoms with van der Waals surface area (Å²) in [5, 5.41) is 7.02. The number of hydrogen-bond acceptors (Lipinski definition) is 9. The lowest BCUT2D eigenvalue weighted by Gasteiger charge is -2.36. The molecule has 0 spiro atoms. The van der Waals surface area contributed by atoms with Crippen LogP contribution in [0.15, 0.2) is 24.9 Å². The van der Waals surface area contributed by atoms with E-state index in [1.54, 1.807) is 34.0 Å². The fourth-order valence-electron chi connectivity index (χ4n) is 3.50. The maximum absolute atomic E-state index is 13.6. The minimum absolute atomic E-state index is 0.0862. The lowest BCUT2D eigenvalue weighted by Crippen LogP contribution is -2.62. The maximum atomic E-state index is 13.6. The Labute approximate surface area is 230 Å². The zero-order chi connectivity index (χ0) is 29.8.